The van der Waals surface area contributed by atoms with E-state index in [1.54, 1.807) is 12.5 Å². The van der Waals surface area contributed by atoms with Gasteiger partial charge in [-0.05, 0) is 12.5 Å². The Balaban J connectivity index is 1.47. The second-order valence-electron chi connectivity index (χ2n) is 7.16. The topological polar surface area (TPSA) is 76.5 Å². The Hall–Kier alpha value is -2.32. The van der Waals surface area contributed by atoms with Crippen LogP contribution in [0.4, 0.5) is 11.8 Å². The van der Waals surface area contributed by atoms with E-state index in [1.807, 2.05) is 12.3 Å². The van der Waals surface area contributed by atoms with Crippen molar-refractivity contribution in [2.75, 3.05) is 55.8 Å². The summed E-state index contributed by atoms with van der Waals surface area (Å²) in [6.45, 7) is 6.24. The number of aromatic nitrogens is 4. The molecule has 0 bridgehead atoms. The van der Waals surface area contributed by atoms with E-state index in [0.29, 0.717) is 13.2 Å². The van der Waals surface area contributed by atoms with Crippen LogP contribution in [0.2, 0.25) is 0 Å². The normalized spacial score (nSPS) is 25.5. The number of fused-ring (bicyclic) bond motifs is 2. The first-order chi connectivity index (χ1) is 12.8. The van der Waals surface area contributed by atoms with Crippen molar-refractivity contribution in [2.24, 2.45) is 0 Å². The average molecular weight is 354 g/mol. The van der Waals surface area contributed by atoms with Gasteiger partial charge < -0.3 is 19.3 Å². The first-order valence-electron chi connectivity index (χ1n) is 9.12. The summed E-state index contributed by atoms with van der Waals surface area (Å²) in [6.07, 6.45) is 6.34. The molecule has 1 atom stereocenters. The van der Waals surface area contributed by atoms with E-state index >= 15 is 0 Å². The Morgan fingerprint density at radius 2 is 1.96 bits per heavy atom. The van der Waals surface area contributed by atoms with Gasteiger partial charge in [-0.25, -0.2) is 19.9 Å². The molecule has 26 heavy (non-hydrogen) atoms. The molecule has 5 heterocycles. The van der Waals surface area contributed by atoms with Crippen molar-refractivity contribution in [3.8, 4) is 0 Å². The molecule has 3 aliphatic rings. The Bertz CT molecular complexity index is 783. The van der Waals surface area contributed by atoms with Crippen LogP contribution in [0.25, 0.3) is 0 Å². The second kappa shape index (κ2) is 6.44. The number of hydrogen-bond acceptors (Lipinski definition) is 8. The fraction of sp³-hybridized carbons (Fsp3) is 0.556. The second-order valence-corrected chi connectivity index (χ2v) is 7.16. The van der Waals surface area contributed by atoms with Gasteiger partial charge in [-0.1, -0.05) is 0 Å². The van der Waals surface area contributed by atoms with Gasteiger partial charge in [-0.3, -0.25) is 0 Å². The molecule has 3 aliphatic heterocycles. The van der Waals surface area contributed by atoms with E-state index in [0.717, 1.165) is 68.8 Å². The zero-order chi connectivity index (χ0) is 17.4. The van der Waals surface area contributed by atoms with Gasteiger partial charge in [0, 0.05) is 44.1 Å². The van der Waals surface area contributed by atoms with Crippen molar-refractivity contribution in [1.29, 1.82) is 0 Å². The third kappa shape index (κ3) is 2.69. The van der Waals surface area contributed by atoms with Gasteiger partial charge in [-0.15, -0.1) is 0 Å². The van der Waals surface area contributed by atoms with Crippen molar-refractivity contribution >= 4 is 11.8 Å². The third-order valence-electron chi connectivity index (χ3n) is 5.53. The summed E-state index contributed by atoms with van der Waals surface area (Å²) in [4.78, 5) is 22.6. The predicted molar refractivity (Wildman–Crippen MR) is 95.3 cm³/mol. The van der Waals surface area contributed by atoms with Crippen molar-refractivity contribution < 1.29 is 9.47 Å². The minimum atomic E-state index is -0.0947. The van der Waals surface area contributed by atoms with Crippen LogP contribution in [-0.4, -0.2) is 65.9 Å². The Morgan fingerprint density at radius 3 is 2.81 bits per heavy atom. The smallest absolute Gasteiger partial charge is 0.225 e. The molecular weight excluding hydrogens is 332 g/mol. The molecule has 0 aromatic carbocycles. The van der Waals surface area contributed by atoms with Crippen LogP contribution < -0.4 is 9.80 Å². The lowest BCUT2D eigenvalue weighted by molar-refractivity contribution is 0.0556. The number of anilines is 2. The molecule has 0 unspecified atom stereocenters. The first-order valence-corrected chi connectivity index (χ1v) is 9.12. The lowest BCUT2D eigenvalue weighted by Crippen LogP contribution is -2.42. The van der Waals surface area contributed by atoms with Crippen LogP contribution in [0.15, 0.2) is 24.8 Å². The maximum absolute atomic E-state index is 5.93. The van der Waals surface area contributed by atoms with Crippen molar-refractivity contribution in [1.82, 2.24) is 19.9 Å². The van der Waals surface area contributed by atoms with Crippen molar-refractivity contribution in [2.45, 2.75) is 18.4 Å². The molecule has 0 amide bonds. The highest BCUT2D eigenvalue weighted by Crippen LogP contribution is 2.40. The van der Waals surface area contributed by atoms with Gasteiger partial charge in [0.05, 0.1) is 37.5 Å². The van der Waals surface area contributed by atoms with E-state index in [-0.39, 0.29) is 5.41 Å². The maximum Gasteiger partial charge on any atom is 0.225 e. The lowest BCUT2D eigenvalue weighted by atomic mass is 9.80. The summed E-state index contributed by atoms with van der Waals surface area (Å²) in [5, 5.41) is 0. The van der Waals surface area contributed by atoms with Gasteiger partial charge in [-0.2, -0.15) is 0 Å². The molecule has 8 nitrogen and oxygen atoms in total. The molecule has 2 fully saturated rings. The number of morpholine rings is 1. The van der Waals surface area contributed by atoms with Gasteiger partial charge in [0.15, 0.2) is 0 Å². The highest BCUT2D eigenvalue weighted by atomic mass is 16.5. The van der Waals surface area contributed by atoms with Crippen molar-refractivity contribution in [3.63, 3.8) is 0 Å². The third-order valence-corrected chi connectivity index (χ3v) is 5.53. The maximum atomic E-state index is 5.93. The summed E-state index contributed by atoms with van der Waals surface area (Å²) < 4.78 is 11.4. The monoisotopic (exact) mass is 354 g/mol. The highest BCUT2D eigenvalue weighted by molar-refractivity contribution is 5.45. The van der Waals surface area contributed by atoms with Gasteiger partial charge in [0.25, 0.3) is 0 Å². The molecule has 0 N–H and O–H groups in total. The van der Waals surface area contributed by atoms with Gasteiger partial charge in [0.1, 0.15) is 12.1 Å². The van der Waals surface area contributed by atoms with Crippen LogP contribution in [0.1, 0.15) is 17.7 Å². The van der Waals surface area contributed by atoms with E-state index < -0.39 is 0 Å². The average Bonchev–Trinajstić information content (AvgIpc) is 3.14. The van der Waals surface area contributed by atoms with E-state index in [4.69, 9.17) is 14.5 Å². The van der Waals surface area contributed by atoms with Crippen LogP contribution in [0, 0.1) is 0 Å². The SMILES string of the molecule is c1cc(N2CC[C@]3(COCc4cnc(N5CCOCC5)nc43)C2)ncn1. The lowest BCUT2D eigenvalue weighted by Gasteiger charge is -2.35. The largest absolute Gasteiger partial charge is 0.378 e. The molecule has 2 aromatic rings. The predicted octanol–water partition coefficient (Wildman–Crippen LogP) is 0.781. The summed E-state index contributed by atoms with van der Waals surface area (Å²) in [6, 6.07) is 1.96. The molecule has 2 aromatic heterocycles. The summed E-state index contributed by atoms with van der Waals surface area (Å²) >= 11 is 0. The quantitative estimate of drug-likeness (QED) is 0.783. The molecule has 0 radical (unpaired) electrons. The molecule has 5 rings (SSSR count). The minimum absolute atomic E-state index is 0.0947. The number of nitrogens with zero attached hydrogens (tertiary/aromatic N) is 6. The molecule has 0 aliphatic carbocycles. The van der Waals surface area contributed by atoms with Gasteiger partial charge in [0.2, 0.25) is 5.95 Å². The minimum Gasteiger partial charge on any atom is -0.378 e. The van der Waals surface area contributed by atoms with E-state index in [9.17, 15) is 0 Å². The van der Waals surface area contributed by atoms with Crippen molar-refractivity contribution in [3.05, 3.63) is 36.0 Å². The van der Waals surface area contributed by atoms with Crippen LogP contribution in [0.5, 0.6) is 0 Å². The Morgan fingerprint density at radius 1 is 1.04 bits per heavy atom. The molecule has 0 saturated carbocycles. The zero-order valence-corrected chi connectivity index (χ0v) is 14.7. The standard InChI is InChI=1S/C18H22N6O2/c1-3-19-13-21-15(1)24-4-2-18(11-24)12-26-10-14-9-20-17(22-16(14)18)23-5-7-25-8-6-23/h1,3,9,13H,2,4-8,10-12H2/t18-/m1/s1. The molecule has 2 saturated heterocycles. The highest BCUT2D eigenvalue weighted by Gasteiger charge is 2.45. The van der Waals surface area contributed by atoms with E-state index in [1.165, 1.54) is 0 Å². The zero-order valence-electron chi connectivity index (χ0n) is 14.7. The van der Waals surface area contributed by atoms with Crippen LogP contribution in [-0.2, 0) is 21.5 Å². The Kier molecular flexibility index (Phi) is 3.94. The number of ether oxygens (including phenoxy) is 2. The fourth-order valence-electron chi connectivity index (χ4n) is 4.15. The molecule has 136 valence electrons. The van der Waals surface area contributed by atoms with Crippen LogP contribution >= 0.6 is 0 Å². The van der Waals surface area contributed by atoms with E-state index in [2.05, 4.69) is 24.8 Å². The molecule has 1 spiro atoms. The first kappa shape index (κ1) is 15.9. The number of hydrogen-bond donors (Lipinski definition) is 0. The molecular formula is C18H22N6O2. The molecule has 8 heteroatoms. The Labute approximate surface area is 152 Å². The summed E-state index contributed by atoms with van der Waals surface area (Å²) in [5.74, 6) is 1.78. The fourth-order valence-corrected chi connectivity index (χ4v) is 4.15. The van der Waals surface area contributed by atoms with Crippen LogP contribution in [0.3, 0.4) is 0 Å². The summed E-state index contributed by atoms with van der Waals surface area (Å²) in [7, 11) is 0. The summed E-state index contributed by atoms with van der Waals surface area (Å²) in [5.41, 5.74) is 2.16. The van der Waals surface area contributed by atoms with Gasteiger partial charge >= 0.3 is 0 Å². The number of rotatable bonds is 2.